The molecule has 1 amide bonds. The minimum atomic E-state index is -0.263. The van der Waals surface area contributed by atoms with Gasteiger partial charge in [0.25, 0.3) is 5.91 Å². The van der Waals surface area contributed by atoms with Crippen LogP contribution in [-0.2, 0) is 4.79 Å². The molecule has 27 heavy (non-hydrogen) atoms. The standard InChI is InChI=1S/C22H20N2O2S/c25-21-19(18-10-9-14-5-1-4-8-17(14)23-18)20(15-11-12-27-13-15)24(22(21)26)16-6-2-3-7-16/h1,4-5,8-13,16,20,25H,2-3,6-7H2/t20-/m0/s1. The van der Waals surface area contributed by atoms with Gasteiger partial charge in [-0.1, -0.05) is 37.1 Å². The highest BCUT2D eigenvalue weighted by Crippen LogP contribution is 2.46. The van der Waals surface area contributed by atoms with Crippen LogP contribution in [0.4, 0.5) is 0 Å². The van der Waals surface area contributed by atoms with Gasteiger partial charge in [-0.2, -0.15) is 11.3 Å². The lowest BCUT2D eigenvalue weighted by atomic mass is 9.97. The number of aliphatic hydroxyl groups excluding tert-OH is 1. The van der Waals surface area contributed by atoms with Crippen molar-refractivity contribution in [3.8, 4) is 0 Å². The van der Waals surface area contributed by atoms with Crippen LogP contribution in [0.15, 0.2) is 59.0 Å². The van der Waals surface area contributed by atoms with Gasteiger partial charge in [0.2, 0.25) is 0 Å². The topological polar surface area (TPSA) is 53.4 Å². The number of carbonyl (C=O) groups excluding carboxylic acids is 1. The molecule has 1 aliphatic carbocycles. The summed E-state index contributed by atoms with van der Waals surface area (Å²) < 4.78 is 0. The lowest BCUT2D eigenvalue weighted by Crippen LogP contribution is -2.38. The van der Waals surface area contributed by atoms with Crippen LogP contribution in [0.3, 0.4) is 0 Å². The molecule has 0 unspecified atom stereocenters. The number of benzene rings is 1. The summed E-state index contributed by atoms with van der Waals surface area (Å²) in [5.74, 6) is -0.413. The predicted molar refractivity (Wildman–Crippen MR) is 107 cm³/mol. The van der Waals surface area contributed by atoms with Crippen LogP contribution in [0.25, 0.3) is 16.5 Å². The summed E-state index contributed by atoms with van der Waals surface area (Å²) in [4.78, 5) is 19.7. The Hall–Kier alpha value is -2.66. The average molecular weight is 376 g/mol. The Kier molecular flexibility index (Phi) is 3.97. The summed E-state index contributed by atoms with van der Waals surface area (Å²) in [7, 11) is 0. The van der Waals surface area contributed by atoms with E-state index in [9.17, 15) is 9.90 Å². The zero-order valence-electron chi connectivity index (χ0n) is 14.8. The molecule has 5 heteroatoms. The summed E-state index contributed by atoms with van der Waals surface area (Å²) in [5.41, 5.74) is 3.23. The van der Waals surface area contributed by atoms with Crippen molar-refractivity contribution in [1.29, 1.82) is 0 Å². The molecule has 0 radical (unpaired) electrons. The van der Waals surface area contributed by atoms with Crippen LogP contribution in [0.2, 0.25) is 0 Å². The van der Waals surface area contributed by atoms with E-state index in [2.05, 4.69) is 5.38 Å². The Labute approximate surface area is 161 Å². The van der Waals surface area contributed by atoms with Gasteiger partial charge in [-0.25, -0.2) is 4.98 Å². The first-order valence-electron chi connectivity index (χ1n) is 9.38. The highest BCUT2D eigenvalue weighted by Gasteiger charge is 2.45. The van der Waals surface area contributed by atoms with E-state index in [0.29, 0.717) is 11.3 Å². The van der Waals surface area contributed by atoms with Gasteiger partial charge in [-0.3, -0.25) is 4.79 Å². The highest BCUT2D eigenvalue weighted by atomic mass is 32.1. The van der Waals surface area contributed by atoms with Crippen LogP contribution in [0.5, 0.6) is 0 Å². The van der Waals surface area contributed by atoms with Crippen LogP contribution < -0.4 is 0 Å². The van der Waals surface area contributed by atoms with Crippen molar-refractivity contribution in [1.82, 2.24) is 9.88 Å². The van der Waals surface area contributed by atoms with Crippen molar-refractivity contribution in [2.24, 2.45) is 0 Å². The Morgan fingerprint density at radius 2 is 1.89 bits per heavy atom. The van der Waals surface area contributed by atoms with Crippen molar-refractivity contribution < 1.29 is 9.90 Å². The van der Waals surface area contributed by atoms with E-state index in [1.165, 1.54) is 0 Å². The number of para-hydroxylation sites is 1. The van der Waals surface area contributed by atoms with Crippen LogP contribution >= 0.6 is 11.3 Å². The molecule has 0 bridgehead atoms. The van der Waals surface area contributed by atoms with Crippen LogP contribution in [-0.4, -0.2) is 26.9 Å². The second kappa shape index (κ2) is 6.50. The van der Waals surface area contributed by atoms with E-state index in [-0.39, 0.29) is 23.8 Å². The van der Waals surface area contributed by atoms with Gasteiger partial charge in [0.05, 0.1) is 22.8 Å². The number of hydrogen-bond donors (Lipinski definition) is 1. The molecule has 5 rings (SSSR count). The predicted octanol–water partition coefficient (Wildman–Crippen LogP) is 5.09. The maximum absolute atomic E-state index is 13.0. The first-order chi connectivity index (χ1) is 13.2. The molecule has 1 aliphatic heterocycles. The molecule has 1 atom stereocenters. The average Bonchev–Trinajstić information content (AvgIpc) is 3.44. The Morgan fingerprint density at radius 1 is 1.07 bits per heavy atom. The molecule has 1 aromatic carbocycles. The second-order valence-electron chi connectivity index (χ2n) is 7.26. The van der Waals surface area contributed by atoms with E-state index in [0.717, 1.165) is 42.1 Å². The summed E-state index contributed by atoms with van der Waals surface area (Å²) in [5, 5.41) is 16.0. The molecule has 4 nitrogen and oxygen atoms in total. The molecule has 0 spiro atoms. The monoisotopic (exact) mass is 376 g/mol. The fourth-order valence-electron chi connectivity index (χ4n) is 4.42. The molecule has 3 heterocycles. The van der Waals surface area contributed by atoms with Crippen molar-refractivity contribution in [3.63, 3.8) is 0 Å². The Balaban J connectivity index is 1.66. The minimum Gasteiger partial charge on any atom is -0.503 e. The minimum absolute atomic E-state index is 0.152. The van der Waals surface area contributed by atoms with Gasteiger partial charge in [0, 0.05) is 11.4 Å². The molecule has 136 valence electrons. The van der Waals surface area contributed by atoms with Crippen molar-refractivity contribution in [2.45, 2.75) is 37.8 Å². The molecule has 2 aliphatic rings. The number of rotatable bonds is 3. The SMILES string of the molecule is O=C1C(O)=C(c2ccc3ccccc3n2)[C@H](c2ccsc2)N1C1CCCC1. The number of fused-ring (bicyclic) bond motifs is 1. The lowest BCUT2D eigenvalue weighted by Gasteiger charge is -2.31. The number of thiophene rings is 1. The molecule has 0 saturated heterocycles. The normalized spacial score (nSPS) is 21.0. The Bertz CT molecular complexity index is 1040. The van der Waals surface area contributed by atoms with Crippen molar-refractivity contribution in [3.05, 3.63) is 70.2 Å². The molecule has 1 N–H and O–H groups in total. The van der Waals surface area contributed by atoms with Crippen LogP contribution in [0.1, 0.15) is 43.0 Å². The lowest BCUT2D eigenvalue weighted by molar-refractivity contribution is -0.131. The fraction of sp³-hybridized carbons (Fsp3) is 0.273. The van der Waals surface area contributed by atoms with E-state index in [4.69, 9.17) is 4.98 Å². The maximum Gasteiger partial charge on any atom is 0.290 e. The number of amides is 1. The van der Waals surface area contributed by atoms with Gasteiger partial charge >= 0.3 is 0 Å². The number of aliphatic hydroxyl groups is 1. The molecule has 1 fully saturated rings. The Morgan fingerprint density at radius 3 is 2.67 bits per heavy atom. The molecule has 2 aromatic heterocycles. The largest absolute Gasteiger partial charge is 0.503 e. The van der Waals surface area contributed by atoms with Crippen molar-refractivity contribution in [2.75, 3.05) is 0 Å². The third-order valence-corrected chi connectivity index (χ3v) is 6.40. The maximum atomic E-state index is 13.0. The summed E-state index contributed by atoms with van der Waals surface area (Å²) in [6.07, 6.45) is 4.26. The zero-order valence-corrected chi connectivity index (χ0v) is 15.7. The van der Waals surface area contributed by atoms with Crippen molar-refractivity contribution >= 4 is 33.7 Å². The van der Waals surface area contributed by atoms with E-state index >= 15 is 0 Å². The summed E-state index contributed by atoms with van der Waals surface area (Å²) in [6.45, 7) is 0. The zero-order chi connectivity index (χ0) is 18.4. The first-order valence-corrected chi connectivity index (χ1v) is 10.3. The number of hydrogen-bond acceptors (Lipinski definition) is 4. The molecular formula is C22H20N2O2S. The van der Waals surface area contributed by atoms with E-state index < -0.39 is 0 Å². The molecule has 3 aromatic rings. The van der Waals surface area contributed by atoms with E-state index in [1.807, 2.05) is 52.7 Å². The van der Waals surface area contributed by atoms with Gasteiger partial charge in [0.1, 0.15) is 0 Å². The number of nitrogens with zero attached hydrogens (tertiary/aromatic N) is 2. The number of pyridine rings is 1. The number of aromatic nitrogens is 1. The smallest absolute Gasteiger partial charge is 0.290 e. The third kappa shape index (κ3) is 2.65. The third-order valence-electron chi connectivity index (χ3n) is 5.70. The molecular weight excluding hydrogens is 356 g/mol. The second-order valence-corrected chi connectivity index (χ2v) is 8.04. The quantitative estimate of drug-likeness (QED) is 0.692. The summed E-state index contributed by atoms with van der Waals surface area (Å²) >= 11 is 1.61. The van der Waals surface area contributed by atoms with Gasteiger partial charge in [-0.15, -0.1) is 0 Å². The van der Waals surface area contributed by atoms with Gasteiger partial charge in [-0.05, 0) is 47.4 Å². The summed E-state index contributed by atoms with van der Waals surface area (Å²) in [6, 6.07) is 13.8. The number of carbonyl (C=O) groups is 1. The van der Waals surface area contributed by atoms with Crippen LogP contribution in [0, 0.1) is 0 Å². The first kappa shape index (κ1) is 16.5. The molecule has 1 saturated carbocycles. The van der Waals surface area contributed by atoms with Gasteiger partial charge < -0.3 is 10.0 Å². The van der Waals surface area contributed by atoms with E-state index in [1.54, 1.807) is 11.3 Å². The van der Waals surface area contributed by atoms with Gasteiger partial charge in [0.15, 0.2) is 5.76 Å². The fourth-order valence-corrected chi connectivity index (χ4v) is 5.10. The highest BCUT2D eigenvalue weighted by molar-refractivity contribution is 7.08.